The van der Waals surface area contributed by atoms with Crippen LogP contribution in [0.15, 0.2) is 53.3 Å². The van der Waals surface area contributed by atoms with Gasteiger partial charge in [-0.1, -0.05) is 18.2 Å². The predicted molar refractivity (Wildman–Crippen MR) is 103 cm³/mol. The van der Waals surface area contributed by atoms with Crippen molar-refractivity contribution in [1.82, 2.24) is 9.47 Å². The highest BCUT2D eigenvalue weighted by molar-refractivity contribution is 7.91. The quantitative estimate of drug-likeness (QED) is 0.675. The average Bonchev–Trinajstić information content (AvgIpc) is 3.37. The second-order valence-corrected chi connectivity index (χ2v) is 9.38. The molecule has 3 heterocycles. The normalized spacial score (nSPS) is 17.7. The van der Waals surface area contributed by atoms with Gasteiger partial charge in [0.05, 0.1) is 17.9 Å². The molecule has 1 aliphatic heterocycles. The van der Waals surface area contributed by atoms with Crippen molar-refractivity contribution in [2.24, 2.45) is 7.05 Å². The monoisotopic (exact) mass is 386 g/mol. The summed E-state index contributed by atoms with van der Waals surface area (Å²) in [4.78, 5) is 14.4. The summed E-state index contributed by atoms with van der Waals surface area (Å²) in [6.45, 7) is 0.734. The first-order valence-corrected chi connectivity index (χ1v) is 10.7. The van der Waals surface area contributed by atoms with Gasteiger partial charge in [0, 0.05) is 37.2 Å². The number of nitrogens with zero attached hydrogens (tertiary/aromatic N) is 2. The lowest BCUT2D eigenvalue weighted by Crippen LogP contribution is -2.33. The van der Waals surface area contributed by atoms with Crippen LogP contribution in [0, 0.1) is 0 Å². The van der Waals surface area contributed by atoms with Gasteiger partial charge in [-0.05, 0) is 30.2 Å². The van der Waals surface area contributed by atoms with E-state index in [0.29, 0.717) is 18.7 Å². The number of fused-ring (bicyclic) bond motifs is 1. The van der Waals surface area contributed by atoms with Crippen molar-refractivity contribution in [1.29, 1.82) is 0 Å². The maximum Gasteiger partial charge on any atom is 0.227 e. The molecule has 1 aromatic carbocycles. The highest BCUT2D eigenvalue weighted by atomic mass is 32.2. The van der Waals surface area contributed by atoms with Gasteiger partial charge in [0.1, 0.15) is 11.5 Å². The van der Waals surface area contributed by atoms with Gasteiger partial charge in [-0.2, -0.15) is 0 Å². The summed E-state index contributed by atoms with van der Waals surface area (Å²) >= 11 is 0. The zero-order valence-electron chi connectivity index (χ0n) is 15.2. The molecule has 4 rings (SSSR count). The van der Waals surface area contributed by atoms with Crippen LogP contribution in [0.5, 0.6) is 0 Å². The summed E-state index contributed by atoms with van der Waals surface area (Å²) in [6, 6.07) is 11.3. The Morgan fingerprint density at radius 2 is 2.04 bits per heavy atom. The van der Waals surface area contributed by atoms with Crippen LogP contribution < -0.4 is 0 Å². The zero-order valence-corrected chi connectivity index (χ0v) is 16.0. The molecule has 0 unspecified atom stereocenters. The molecular formula is C20H22N2O4S. The van der Waals surface area contributed by atoms with Crippen LogP contribution in [0.3, 0.4) is 0 Å². The van der Waals surface area contributed by atoms with Gasteiger partial charge < -0.3 is 13.9 Å². The van der Waals surface area contributed by atoms with Crippen LogP contribution in [0.2, 0.25) is 0 Å². The van der Waals surface area contributed by atoms with Crippen LogP contribution in [-0.2, 0) is 33.9 Å². The molecule has 1 amide bonds. The average molecular weight is 386 g/mol. The molecule has 0 N–H and O–H groups in total. The molecule has 2 aromatic heterocycles. The number of aryl methyl sites for hydroxylation is 1. The summed E-state index contributed by atoms with van der Waals surface area (Å²) in [5.74, 6) is 0.299. The number of rotatable bonds is 5. The molecule has 0 radical (unpaired) electrons. The molecule has 1 aliphatic rings. The molecule has 0 saturated carbocycles. The fraction of sp³-hybridized carbons (Fsp3) is 0.350. The van der Waals surface area contributed by atoms with E-state index in [9.17, 15) is 13.2 Å². The lowest BCUT2D eigenvalue weighted by molar-refractivity contribution is -0.129. The number of amides is 1. The van der Waals surface area contributed by atoms with Crippen molar-refractivity contribution in [2.45, 2.75) is 23.8 Å². The SMILES string of the molecule is Cn1cc(CC(=O)N2CC[C@@H](S(=O)(=O)Cc3ccco3)C2)c2ccccc21. The van der Waals surface area contributed by atoms with Crippen molar-refractivity contribution in [2.75, 3.05) is 13.1 Å². The standard InChI is InChI=1S/C20H22N2O4S/c1-21-12-15(18-6-2-3-7-19(18)21)11-20(23)22-9-8-17(13-22)27(24,25)14-16-5-4-10-26-16/h2-7,10,12,17H,8-9,11,13-14H2,1H3/t17-/m1/s1. The van der Waals surface area contributed by atoms with E-state index in [1.807, 2.05) is 42.1 Å². The molecule has 27 heavy (non-hydrogen) atoms. The number of sulfone groups is 1. The molecule has 3 aromatic rings. The third kappa shape index (κ3) is 3.51. The largest absolute Gasteiger partial charge is 0.468 e. The van der Waals surface area contributed by atoms with E-state index in [-0.39, 0.29) is 24.6 Å². The Balaban J connectivity index is 1.45. The Bertz CT molecular complexity index is 1070. The van der Waals surface area contributed by atoms with Gasteiger partial charge in [-0.15, -0.1) is 0 Å². The van der Waals surface area contributed by atoms with Gasteiger partial charge in [0.15, 0.2) is 9.84 Å². The molecule has 0 aliphatic carbocycles. The number of hydrogen-bond acceptors (Lipinski definition) is 4. The van der Waals surface area contributed by atoms with Crippen molar-refractivity contribution in [3.8, 4) is 0 Å². The first-order chi connectivity index (χ1) is 12.9. The fourth-order valence-electron chi connectivity index (χ4n) is 3.80. The topological polar surface area (TPSA) is 72.5 Å². The Morgan fingerprint density at radius 3 is 2.81 bits per heavy atom. The fourth-order valence-corrected chi connectivity index (χ4v) is 5.47. The smallest absolute Gasteiger partial charge is 0.227 e. The van der Waals surface area contributed by atoms with Crippen molar-refractivity contribution in [3.63, 3.8) is 0 Å². The summed E-state index contributed by atoms with van der Waals surface area (Å²) in [5, 5.41) is 0.536. The second-order valence-electron chi connectivity index (χ2n) is 7.10. The second kappa shape index (κ2) is 6.88. The maximum absolute atomic E-state index is 12.8. The number of aromatic nitrogens is 1. The summed E-state index contributed by atoms with van der Waals surface area (Å²) in [5.41, 5.74) is 2.06. The van der Waals surface area contributed by atoms with E-state index in [0.717, 1.165) is 16.5 Å². The molecule has 7 heteroatoms. The molecule has 1 atom stereocenters. The molecule has 1 saturated heterocycles. The number of carbonyl (C=O) groups excluding carboxylic acids is 1. The van der Waals surface area contributed by atoms with E-state index in [4.69, 9.17) is 4.42 Å². The van der Waals surface area contributed by atoms with Crippen LogP contribution in [0.1, 0.15) is 17.7 Å². The zero-order chi connectivity index (χ0) is 19.0. The van der Waals surface area contributed by atoms with Crippen molar-refractivity contribution < 1.29 is 17.6 Å². The van der Waals surface area contributed by atoms with Gasteiger partial charge in [-0.25, -0.2) is 8.42 Å². The molecule has 142 valence electrons. The minimum Gasteiger partial charge on any atom is -0.468 e. The summed E-state index contributed by atoms with van der Waals surface area (Å²) in [6.07, 6.45) is 4.21. The Kier molecular flexibility index (Phi) is 4.55. The first-order valence-electron chi connectivity index (χ1n) is 8.99. The minimum absolute atomic E-state index is 0.0259. The van der Waals surface area contributed by atoms with Crippen LogP contribution in [0.4, 0.5) is 0 Å². The lowest BCUT2D eigenvalue weighted by atomic mass is 10.1. The Labute approximate surface area is 158 Å². The van der Waals surface area contributed by atoms with Gasteiger partial charge in [-0.3, -0.25) is 4.79 Å². The number of para-hydroxylation sites is 1. The molecule has 0 bridgehead atoms. The number of benzene rings is 1. The summed E-state index contributed by atoms with van der Waals surface area (Å²) < 4.78 is 32.4. The van der Waals surface area contributed by atoms with Gasteiger partial charge in [0.2, 0.25) is 5.91 Å². The summed E-state index contributed by atoms with van der Waals surface area (Å²) in [7, 11) is -1.38. The number of carbonyl (C=O) groups is 1. The Morgan fingerprint density at radius 1 is 1.22 bits per heavy atom. The third-order valence-corrected chi connectivity index (χ3v) is 7.34. The van der Waals surface area contributed by atoms with Crippen molar-refractivity contribution in [3.05, 3.63) is 60.2 Å². The van der Waals surface area contributed by atoms with E-state index in [1.54, 1.807) is 17.0 Å². The highest BCUT2D eigenvalue weighted by Crippen LogP contribution is 2.24. The number of furan rings is 1. The van der Waals surface area contributed by atoms with E-state index in [1.165, 1.54) is 6.26 Å². The first kappa shape index (κ1) is 17.9. The van der Waals surface area contributed by atoms with E-state index in [2.05, 4.69) is 0 Å². The maximum atomic E-state index is 12.8. The highest BCUT2D eigenvalue weighted by Gasteiger charge is 2.35. The lowest BCUT2D eigenvalue weighted by Gasteiger charge is -2.16. The molecule has 0 spiro atoms. The van der Waals surface area contributed by atoms with Crippen LogP contribution in [-0.4, -0.2) is 42.1 Å². The van der Waals surface area contributed by atoms with Gasteiger partial charge in [0.25, 0.3) is 0 Å². The van der Waals surface area contributed by atoms with Crippen LogP contribution in [0.25, 0.3) is 10.9 Å². The molecule has 1 fully saturated rings. The Hall–Kier alpha value is -2.54. The van der Waals surface area contributed by atoms with Crippen LogP contribution >= 0.6 is 0 Å². The molecular weight excluding hydrogens is 364 g/mol. The van der Waals surface area contributed by atoms with E-state index >= 15 is 0 Å². The van der Waals surface area contributed by atoms with E-state index < -0.39 is 15.1 Å². The number of likely N-dealkylation sites (tertiary alicyclic amines) is 1. The predicted octanol–water partition coefficient (Wildman–Crippen LogP) is 2.53. The number of hydrogen-bond donors (Lipinski definition) is 0. The minimum atomic E-state index is -3.34. The van der Waals surface area contributed by atoms with Gasteiger partial charge >= 0.3 is 0 Å². The molecule has 6 nitrogen and oxygen atoms in total. The third-order valence-electron chi connectivity index (χ3n) is 5.25. The van der Waals surface area contributed by atoms with Crippen molar-refractivity contribution >= 4 is 26.6 Å².